The molecule has 0 radical (unpaired) electrons. The van der Waals surface area contributed by atoms with Crippen molar-refractivity contribution in [1.29, 1.82) is 0 Å². The van der Waals surface area contributed by atoms with Crippen LogP contribution in [0.5, 0.6) is 0 Å². The number of hydrogen-bond acceptors (Lipinski definition) is 4. The van der Waals surface area contributed by atoms with Crippen LogP contribution in [0.4, 0.5) is 11.4 Å². The Balaban J connectivity index is 1.84. The van der Waals surface area contributed by atoms with Crippen molar-refractivity contribution < 1.29 is 14.3 Å². The summed E-state index contributed by atoms with van der Waals surface area (Å²) in [7, 11) is 0. The van der Waals surface area contributed by atoms with Crippen LogP contribution in [0.15, 0.2) is 48.5 Å². The second-order valence-corrected chi connectivity index (χ2v) is 7.43. The van der Waals surface area contributed by atoms with Gasteiger partial charge in [0.15, 0.2) is 6.61 Å². The van der Waals surface area contributed by atoms with E-state index >= 15 is 0 Å². The number of carbonyl (C=O) groups excluding carboxylic acids is 2. The second kappa shape index (κ2) is 10.9. The van der Waals surface area contributed by atoms with Crippen molar-refractivity contribution >= 4 is 52.5 Å². The first-order chi connectivity index (χ1) is 13.8. The van der Waals surface area contributed by atoms with Gasteiger partial charge < -0.3 is 15.0 Å². The monoisotopic (exact) mass is 434 g/mol. The van der Waals surface area contributed by atoms with E-state index < -0.39 is 11.9 Å². The average molecular weight is 435 g/mol. The first-order valence-corrected chi connectivity index (χ1v) is 10.0. The lowest BCUT2D eigenvalue weighted by atomic mass is 10.2. The molecule has 29 heavy (non-hydrogen) atoms. The highest BCUT2D eigenvalue weighted by Crippen LogP contribution is 2.22. The van der Waals surface area contributed by atoms with E-state index in [0.717, 1.165) is 12.2 Å². The molecule has 0 spiro atoms. The fraction of sp³-hybridized carbons (Fsp3) is 0.273. The highest BCUT2D eigenvalue weighted by Gasteiger charge is 2.09. The minimum atomic E-state index is -0.642. The van der Waals surface area contributed by atoms with Gasteiger partial charge in [-0.2, -0.15) is 0 Å². The molecule has 0 heterocycles. The van der Waals surface area contributed by atoms with Crippen molar-refractivity contribution in [3.8, 4) is 0 Å². The summed E-state index contributed by atoms with van der Waals surface area (Å²) >= 11 is 11.9. The van der Waals surface area contributed by atoms with Crippen molar-refractivity contribution in [3.63, 3.8) is 0 Å². The number of nitrogens with one attached hydrogen (secondary N) is 1. The number of rotatable bonds is 8. The van der Waals surface area contributed by atoms with Crippen LogP contribution >= 0.6 is 23.2 Å². The fourth-order valence-corrected chi connectivity index (χ4v) is 3.23. The summed E-state index contributed by atoms with van der Waals surface area (Å²) in [6, 6.07) is 12.9. The van der Waals surface area contributed by atoms with Crippen molar-refractivity contribution in [2.24, 2.45) is 0 Å². The van der Waals surface area contributed by atoms with Crippen LogP contribution in [-0.4, -0.2) is 31.1 Å². The van der Waals surface area contributed by atoms with Crippen LogP contribution in [0.2, 0.25) is 10.0 Å². The quantitative estimate of drug-likeness (QED) is 0.444. The molecule has 0 aliphatic carbocycles. The van der Waals surface area contributed by atoms with Crippen molar-refractivity contribution in [2.75, 3.05) is 23.4 Å². The molecule has 154 valence electrons. The first-order valence-electron chi connectivity index (χ1n) is 9.26. The van der Waals surface area contributed by atoms with Gasteiger partial charge in [0.2, 0.25) is 0 Å². The van der Waals surface area contributed by atoms with Gasteiger partial charge in [-0.15, -0.1) is 0 Å². The Labute approximate surface area is 181 Å². The lowest BCUT2D eigenvalue weighted by molar-refractivity contribution is -0.142. The molecule has 0 unspecified atom stereocenters. The molecule has 7 heteroatoms. The third-order valence-electron chi connectivity index (χ3n) is 4.15. The van der Waals surface area contributed by atoms with Crippen molar-refractivity contribution in [1.82, 2.24) is 0 Å². The van der Waals surface area contributed by atoms with Gasteiger partial charge in [0.05, 0.1) is 0 Å². The summed E-state index contributed by atoms with van der Waals surface area (Å²) in [5.41, 5.74) is 2.34. The largest absolute Gasteiger partial charge is 0.452 e. The van der Waals surface area contributed by atoms with Gasteiger partial charge in [-0.25, -0.2) is 4.79 Å². The summed E-state index contributed by atoms with van der Waals surface area (Å²) < 4.78 is 4.96. The standard InChI is InChI=1S/C22H24Cl2N2O3/c1-4-26(15(2)3)19-10-8-18(9-11-19)25-21(27)14-29-22(28)12-6-16-5-7-17(23)13-20(16)24/h5-13,15H,4,14H2,1-3H3,(H,25,27). The second-order valence-electron chi connectivity index (χ2n) is 6.58. The topological polar surface area (TPSA) is 58.6 Å². The summed E-state index contributed by atoms with van der Waals surface area (Å²) in [6.45, 7) is 6.87. The van der Waals surface area contributed by atoms with Crippen molar-refractivity contribution in [2.45, 2.75) is 26.8 Å². The minimum Gasteiger partial charge on any atom is -0.452 e. The lowest BCUT2D eigenvalue weighted by Crippen LogP contribution is -2.30. The number of anilines is 2. The van der Waals surface area contributed by atoms with Gasteiger partial charge in [0.1, 0.15) is 0 Å². The van der Waals surface area contributed by atoms with E-state index in [1.807, 2.05) is 24.3 Å². The molecule has 0 saturated carbocycles. The SMILES string of the molecule is CCN(c1ccc(NC(=O)COC(=O)C=Cc2ccc(Cl)cc2Cl)cc1)C(C)C. The molecule has 2 rings (SSSR count). The Kier molecular flexibility index (Phi) is 8.55. The van der Waals surface area contributed by atoms with Gasteiger partial charge in [-0.3, -0.25) is 4.79 Å². The van der Waals surface area contributed by atoms with E-state index in [-0.39, 0.29) is 6.61 Å². The fourth-order valence-electron chi connectivity index (χ4n) is 2.76. The third kappa shape index (κ3) is 7.11. The maximum atomic E-state index is 12.0. The normalized spacial score (nSPS) is 11.0. The van der Waals surface area contributed by atoms with Gasteiger partial charge in [0, 0.05) is 40.1 Å². The van der Waals surface area contributed by atoms with E-state index in [1.165, 1.54) is 12.2 Å². The molecule has 0 atom stereocenters. The summed E-state index contributed by atoms with van der Waals surface area (Å²) in [5.74, 6) is -1.06. The van der Waals surface area contributed by atoms with Crippen LogP contribution in [-0.2, 0) is 14.3 Å². The number of carbonyl (C=O) groups is 2. The number of hydrogen-bond donors (Lipinski definition) is 1. The number of nitrogens with zero attached hydrogens (tertiary/aromatic N) is 1. The molecular formula is C22H24Cl2N2O3. The van der Waals surface area contributed by atoms with E-state index in [9.17, 15) is 9.59 Å². The molecule has 0 aliphatic rings. The molecule has 1 N–H and O–H groups in total. The highest BCUT2D eigenvalue weighted by atomic mass is 35.5. The molecule has 0 aliphatic heterocycles. The molecule has 1 amide bonds. The van der Waals surface area contributed by atoms with Crippen LogP contribution in [0.1, 0.15) is 26.3 Å². The highest BCUT2D eigenvalue weighted by molar-refractivity contribution is 6.35. The first kappa shape index (κ1) is 22.8. The van der Waals surface area contributed by atoms with Crippen LogP contribution in [0, 0.1) is 0 Å². The predicted octanol–water partition coefficient (Wildman–Crippen LogP) is 5.42. The predicted molar refractivity (Wildman–Crippen MR) is 120 cm³/mol. The maximum Gasteiger partial charge on any atom is 0.331 e. The minimum absolute atomic E-state index is 0.383. The molecular weight excluding hydrogens is 411 g/mol. The van der Waals surface area contributed by atoms with Crippen LogP contribution < -0.4 is 10.2 Å². The van der Waals surface area contributed by atoms with Crippen LogP contribution in [0.25, 0.3) is 6.08 Å². The average Bonchev–Trinajstić information content (AvgIpc) is 2.67. The molecule has 2 aromatic carbocycles. The third-order valence-corrected chi connectivity index (χ3v) is 4.72. The molecule has 2 aromatic rings. The molecule has 5 nitrogen and oxygen atoms in total. The Morgan fingerprint density at radius 2 is 1.83 bits per heavy atom. The number of ether oxygens (including phenoxy) is 1. The van der Waals surface area contributed by atoms with Crippen molar-refractivity contribution in [3.05, 3.63) is 64.1 Å². The summed E-state index contributed by atoms with van der Waals surface area (Å²) in [5, 5.41) is 3.63. The Morgan fingerprint density at radius 3 is 2.41 bits per heavy atom. The zero-order valence-corrected chi connectivity index (χ0v) is 18.1. The van der Waals surface area contributed by atoms with E-state index in [4.69, 9.17) is 27.9 Å². The maximum absolute atomic E-state index is 12.0. The van der Waals surface area contributed by atoms with Crippen LogP contribution in [0.3, 0.4) is 0 Å². The molecule has 0 bridgehead atoms. The molecule has 0 fully saturated rings. The zero-order valence-electron chi connectivity index (χ0n) is 16.6. The number of amides is 1. The van der Waals surface area contributed by atoms with Gasteiger partial charge in [0.25, 0.3) is 5.91 Å². The zero-order chi connectivity index (χ0) is 21.4. The summed E-state index contributed by atoms with van der Waals surface area (Å²) in [6.07, 6.45) is 2.72. The number of halogens is 2. The van der Waals surface area contributed by atoms with E-state index in [1.54, 1.807) is 18.2 Å². The number of esters is 1. The van der Waals surface area contributed by atoms with Gasteiger partial charge in [-0.05, 0) is 68.8 Å². The lowest BCUT2D eigenvalue weighted by Gasteiger charge is -2.27. The number of benzene rings is 2. The Hall–Kier alpha value is -2.50. The van der Waals surface area contributed by atoms with E-state index in [0.29, 0.717) is 27.3 Å². The Bertz CT molecular complexity index is 880. The van der Waals surface area contributed by atoms with Gasteiger partial charge >= 0.3 is 5.97 Å². The summed E-state index contributed by atoms with van der Waals surface area (Å²) in [4.78, 5) is 26.1. The molecule has 0 aromatic heterocycles. The van der Waals surface area contributed by atoms with Gasteiger partial charge in [-0.1, -0.05) is 29.3 Å². The molecule has 0 saturated heterocycles. The smallest absolute Gasteiger partial charge is 0.331 e. The van der Waals surface area contributed by atoms with E-state index in [2.05, 4.69) is 31.0 Å². The Morgan fingerprint density at radius 1 is 1.14 bits per heavy atom.